The van der Waals surface area contributed by atoms with Gasteiger partial charge in [-0.2, -0.15) is 0 Å². The maximum Gasteiger partial charge on any atom is 0.258 e. The topological polar surface area (TPSA) is 89.3 Å². The van der Waals surface area contributed by atoms with E-state index >= 15 is 0 Å². The van der Waals surface area contributed by atoms with Gasteiger partial charge in [0, 0.05) is 0 Å². The van der Waals surface area contributed by atoms with Crippen LogP contribution in [0.1, 0.15) is 10.4 Å². The van der Waals surface area contributed by atoms with Gasteiger partial charge in [0.2, 0.25) is 10.0 Å². The van der Waals surface area contributed by atoms with Crippen LogP contribution in [0.3, 0.4) is 0 Å². The van der Waals surface area contributed by atoms with Crippen molar-refractivity contribution in [3.8, 4) is 0 Å². The van der Waals surface area contributed by atoms with E-state index in [-0.39, 0.29) is 15.6 Å². The molecule has 2 rings (SSSR count). The summed E-state index contributed by atoms with van der Waals surface area (Å²) in [5, 5.41) is 7.15. The van der Waals surface area contributed by atoms with Crippen molar-refractivity contribution in [3.63, 3.8) is 0 Å². The Labute approximate surface area is 133 Å². The number of sulfonamides is 1. The highest BCUT2D eigenvalue weighted by molar-refractivity contribution is 7.89. The quantitative estimate of drug-likeness (QED) is 0.871. The molecule has 10 heteroatoms. The Hall–Kier alpha value is -1.19. The van der Waals surface area contributed by atoms with Crippen LogP contribution in [0, 0.1) is 5.82 Å². The first-order chi connectivity index (χ1) is 9.68. The van der Waals surface area contributed by atoms with Gasteiger partial charge in [0.05, 0.1) is 20.5 Å². The molecule has 1 aromatic carbocycles. The number of benzene rings is 1. The highest BCUT2D eigenvalue weighted by atomic mass is 35.5. The van der Waals surface area contributed by atoms with Crippen LogP contribution in [0.25, 0.3) is 0 Å². The second-order valence-electron chi connectivity index (χ2n) is 3.88. The molecule has 112 valence electrons. The van der Waals surface area contributed by atoms with Gasteiger partial charge >= 0.3 is 0 Å². The van der Waals surface area contributed by atoms with Crippen LogP contribution in [0.2, 0.25) is 8.67 Å². The fourth-order valence-electron chi connectivity index (χ4n) is 1.46. The lowest BCUT2D eigenvalue weighted by atomic mass is 10.2. The Morgan fingerprint density at radius 1 is 1.29 bits per heavy atom. The number of anilines is 1. The first-order valence-electron chi connectivity index (χ1n) is 5.27. The van der Waals surface area contributed by atoms with Crippen molar-refractivity contribution in [1.82, 2.24) is 0 Å². The van der Waals surface area contributed by atoms with Crippen LogP contribution in [0.4, 0.5) is 10.1 Å². The molecule has 0 radical (unpaired) electrons. The van der Waals surface area contributed by atoms with E-state index in [2.05, 4.69) is 5.32 Å². The number of amides is 1. The highest BCUT2D eigenvalue weighted by Crippen LogP contribution is 2.31. The maximum absolute atomic E-state index is 13.8. The number of hydrogen-bond donors (Lipinski definition) is 2. The summed E-state index contributed by atoms with van der Waals surface area (Å²) in [5.41, 5.74) is -0.104. The summed E-state index contributed by atoms with van der Waals surface area (Å²) in [6.45, 7) is 0. The van der Waals surface area contributed by atoms with Crippen molar-refractivity contribution in [3.05, 3.63) is 44.3 Å². The first-order valence-corrected chi connectivity index (χ1v) is 8.39. The zero-order valence-electron chi connectivity index (χ0n) is 10.1. The van der Waals surface area contributed by atoms with Crippen LogP contribution in [-0.4, -0.2) is 14.3 Å². The van der Waals surface area contributed by atoms with E-state index in [0.29, 0.717) is 10.4 Å². The van der Waals surface area contributed by atoms with Gasteiger partial charge in [0.15, 0.2) is 0 Å². The number of carbonyl (C=O) groups is 1. The largest absolute Gasteiger partial charge is 0.319 e. The van der Waals surface area contributed by atoms with E-state index in [1.54, 1.807) is 0 Å². The number of primary sulfonamides is 1. The predicted molar refractivity (Wildman–Crippen MR) is 80.1 cm³/mol. The third-order valence-electron chi connectivity index (χ3n) is 2.42. The number of nitrogens with one attached hydrogen (secondary N) is 1. The van der Waals surface area contributed by atoms with Crippen molar-refractivity contribution >= 4 is 56.2 Å². The molecule has 0 aliphatic rings. The van der Waals surface area contributed by atoms with Gasteiger partial charge in [0.1, 0.15) is 10.2 Å². The molecule has 0 fully saturated rings. The highest BCUT2D eigenvalue weighted by Gasteiger charge is 2.17. The summed E-state index contributed by atoms with van der Waals surface area (Å²) in [6.07, 6.45) is 0. The van der Waals surface area contributed by atoms with Crippen molar-refractivity contribution in [2.45, 2.75) is 4.90 Å². The fraction of sp³-hybridized carbons (Fsp3) is 0. The minimum absolute atomic E-state index is 0.0987. The summed E-state index contributed by atoms with van der Waals surface area (Å²) in [4.78, 5) is 11.5. The molecule has 0 aliphatic heterocycles. The Morgan fingerprint density at radius 2 is 1.95 bits per heavy atom. The number of hydrogen-bond acceptors (Lipinski definition) is 4. The van der Waals surface area contributed by atoms with Crippen molar-refractivity contribution in [2.75, 3.05) is 5.32 Å². The molecule has 1 amide bonds. The molecule has 1 heterocycles. The molecule has 0 bridgehead atoms. The van der Waals surface area contributed by atoms with Crippen LogP contribution in [0.5, 0.6) is 0 Å². The fourth-order valence-corrected chi connectivity index (χ4v) is 3.44. The number of rotatable bonds is 3. The zero-order valence-corrected chi connectivity index (χ0v) is 13.2. The number of nitrogens with two attached hydrogens (primary N) is 1. The van der Waals surface area contributed by atoms with E-state index in [9.17, 15) is 17.6 Å². The van der Waals surface area contributed by atoms with Gasteiger partial charge in [-0.25, -0.2) is 17.9 Å². The average Bonchev–Trinajstić information content (AvgIpc) is 2.69. The van der Waals surface area contributed by atoms with Crippen molar-refractivity contribution in [2.24, 2.45) is 5.14 Å². The predicted octanol–water partition coefficient (Wildman–Crippen LogP) is 3.09. The van der Waals surface area contributed by atoms with Crippen molar-refractivity contribution < 1.29 is 17.6 Å². The lowest BCUT2D eigenvalue weighted by molar-refractivity contribution is 0.102. The Kier molecular flexibility index (Phi) is 4.54. The monoisotopic (exact) mass is 368 g/mol. The normalized spacial score (nSPS) is 11.4. The molecule has 0 saturated heterocycles. The molecule has 0 saturated carbocycles. The Morgan fingerprint density at radius 3 is 2.43 bits per heavy atom. The average molecular weight is 369 g/mol. The second kappa shape index (κ2) is 5.90. The summed E-state index contributed by atoms with van der Waals surface area (Å²) >= 11 is 12.5. The zero-order chi connectivity index (χ0) is 15.8. The second-order valence-corrected chi connectivity index (χ2v) is 7.73. The summed E-state index contributed by atoms with van der Waals surface area (Å²) in [5.74, 6) is -1.60. The van der Waals surface area contributed by atoms with Gasteiger partial charge in [0.25, 0.3) is 5.91 Å². The van der Waals surface area contributed by atoms with E-state index < -0.39 is 26.6 Å². The number of thiophene rings is 1. The Bertz CT molecular complexity index is 821. The Balaban J connectivity index is 2.28. The third-order valence-corrected chi connectivity index (χ3v) is 4.82. The first kappa shape index (κ1) is 16.2. The van der Waals surface area contributed by atoms with E-state index in [4.69, 9.17) is 28.3 Å². The molecule has 3 N–H and O–H groups in total. The molecule has 1 aromatic heterocycles. The van der Waals surface area contributed by atoms with Crippen LogP contribution < -0.4 is 10.5 Å². The molecule has 21 heavy (non-hydrogen) atoms. The molecule has 0 unspecified atom stereocenters. The third kappa shape index (κ3) is 3.72. The molecule has 0 atom stereocenters. The molecule has 0 spiro atoms. The minimum atomic E-state index is -4.02. The SMILES string of the molecule is NS(=O)(=O)c1ccc(NC(=O)c2cc(Cl)sc2Cl)c(F)c1. The number of carbonyl (C=O) groups excluding carboxylic acids is 1. The van der Waals surface area contributed by atoms with Gasteiger partial charge in [-0.1, -0.05) is 23.2 Å². The van der Waals surface area contributed by atoms with Gasteiger partial charge in [-0.05, 0) is 24.3 Å². The summed E-state index contributed by atoms with van der Waals surface area (Å²) < 4.78 is 36.4. The lowest BCUT2D eigenvalue weighted by Crippen LogP contribution is -2.15. The van der Waals surface area contributed by atoms with E-state index in [0.717, 1.165) is 23.5 Å². The lowest BCUT2D eigenvalue weighted by Gasteiger charge is -2.07. The standard InChI is InChI=1S/C11H7Cl2FN2O3S2/c12-9-4-6(10(13)20-9)11(17)16-8-2-1-5(3-7(8)14)21(15,18)19/h1-4H,(H,16,17)(H2,15,18,19). The van der Waals surface area contributed by atoms with Crippen LogP contribution in [-0.2, 0) is 10.0 Å². The summed E-state index contributed by atoms with van der Waals surface area (Å²) in [6, 6.07) is 4.23. The maximum atomic E-state index is 13.8. The molecule has 5 nitrogen and oxygen atoms in total. The van der Waals surface area contributed by atoms with Gasteiger partial charge < -0.3 is 5.32 Å². The van der Waals surface area contributed by atoms with E-state index in [1.807, 2.05) is 0 Å². The molecular weight excluding hydrogens is 362 g/mol. The van der Waals surface area contributed by atoms with Crippen LogP contribution >= 0.6 is 34.5 Å². The van der Waals surface area contributed by atoms with Crippen molar-refractivity contribution in [1.29, 1.82) is 0 Å². The summed E-state index contributed by atoms with van der Waals surface area (Å²) in [7, 11) is -4.02. The molecular formula is C11H7Cl2FN2O3S2. The van der Waals surface area contributed by atoms with Gasteiger partial charge in [-0.15, -0.1) is 11.3 Å². The van der Waals surface area contributed by atoms with Crippen LogP contribution in [0.15, 0.2) is 29.2 Å². The van der Waals surface area contributed by atoms with E-state index in [1.165, 1.54) is 6.07 Å². The molecule has 0 aliphatic carbocycles. The van der Waals surface area contributed by atoms with Gasteiger partial charge in [-0.3, -0.25) is 4.79 Å². The smallest absolute Gasteiger partial charge is 0.258 e. The number of halogens is 3. The molecule has 2 aromatic rings. The minimum Gasteiger partial charge on any atom is -0.319 e.